The van der Waals surface area contributed by atoms with Crippen molar-refractivity contribution in [3.05, 3.63) is 47.6 Å². The van der Waals surface area contributed by atoms with Crippen LogP contribution in [0.1, 0.15) is 22.7 Å². The Balaban J connectivity index is 1.68. The zero-order valence-electron chi connectivity index (χ0n) is 13.9. The van der Waals surface area contributed by atoms with Gasteiger partial charge in [-0.25, -0.2) is 9.18 Å². The van der Waals surface area contributed by atoms with Gasteiger partial charge >= 0.3 is 5.97 Å². The van der Waals surface area contributed by atoms with Crippen molar-refractivity contribution in [1.82, 2.24) is 10.1 Å². The lowest BCUT2D eigenvalue weighted by molar-refractivity contribution is -0.141. The Bertz CT molecular complexity index is 808. The molecule has 0 radical (unpaired) electrons. The summed E-state index contributed by atoms with van der Waals surface area (Å²) >= 11 is 0. The Labute approximate surface area is 148 Å². The third-order valence-electron chi connectivity index (χ3n) is 4.13. The smallest absolute Gasteiger partial charge is 0.326 e. The van der Waals surface area contributed by atoms with Crippen LogP contribution in [0.4, 0.5) is 4.39 Å². The van der Waals surface area contributed by atoms with Crippen molar-refractivity contribution in [2.45, 2.75) is 25.2 Å². The number of methoxy groups -OCH3 is 1. The lowest BCUT2D eigenvalue weighted by Crippen LogP contribution is -2.40. The van der Waals surface area contributed by atoms with Crippen LogP contribution in [-0.2, 0) is 16.1 Å². The van der Waals surface area contributed by atoms with Gasteiger partial charge in [-0.2, -0.15) is 0 Å². The van der Waals surface area contributed by atoms with Gasteiger partial charge in [-0.1, -0.05) is 17.3 Å². The molecule has 2 aromatic rings. The summed E-state index contributed by atoms with van der Waals surface area (Å²) in [6, 6.07) is 6.25. The molecule has 1 saturated heterocycles. The second kappa shape index (κ2) is 7.52. The predicted octanol–water partition coefficient (Wildman–Crippen LogP) is 1.71. The summed E-state index contributed by atoms with van der Waals surface area (Å²) < 4.78 is 29.0. The molecule has 1 N–H and O–H groups in total. The SMILES string of the molecule is COC1CC(C(=O)O)N(C(=O)c2cc(COc3ccccc3F)on2)C1. The van der Waals surface area contributed by atoms with Gasteiger partial charge in [0.2, 0.25) is 0 Å². The first-order valence-electron chi connectivity index (χ1n) is 7.89. The first-order chi connectivity index (χ1) is 12.5. The van der Waals surface area contributed by atoms with Gasteiger partial charge in [0.25, 0.3) is 5.91 Å². The maximum absolute atomic E-state index is 13.5. The van der Waals surface area contributed by atoms with E-state index >= 15 is 0 Å². The van der Waals surface area contributed by atoms with Crippen molar-refractivity contribution in [3.63, 3.8) is 0 Å². The fraction of sp³-hybridized carbons (Fsp3) is 0.353. The number of aliphatic carboxylic acids is 1. The third kappa shape index (κ3) is 3.67. The van der Waals surface area contributed by atoms with Gasteiger partial charge in [0.05, 0.1) is 6.10 Å². The molecular formula is C17H17FN2O6. The third-order valence-corrected chi connectivity index (χ3v) is 4.13. The molecule has 2 heterocycles. The largest absolute Gasteiger partial charge is 0.482 e. The molecule has 26 heavy (non-hydrogen) atoms. The van der Waals surface area contributed by atoms with E-state index in [1.807, 2.05) is 0 Å². The van der Waals surface area contributed by atoms with E-state index in [0.717, 1.165) is 0 Å². The molecule has 1 aromatic heterocycles. The number of hydrogen-bond donors (Lipinski definition) is 1. The van der Waals surface area contributed by atoms with Crippen LogP contribution in [0.2, 0.25) is 0 Å². The minimum absolute atomic E-state index is 0.0415. The van der Waals surface area contributed by atoms with Crippen LogP contribution in [0, 0.1) is 5.82 Å². The van der Waals surface area contributed by atoms with Crippen LogP contribution in [-0.4, -0.2) is 52.8 Å². The molecule has 8 nitrogen and oxygen atoms in total. The number of carbonyl (C=O) groups excluding carboxylic acids is 1. The van der Waals surface area contributed by atoms with E-state index in [1.165, 1.54) is 36.3 Å². The van der Waals surface area contributed by atoms with Gasteiger partial charge < -0.3 is 24.0 Å². The molecule has 0 bridgehead atoms. The number of carbonyl (C=O) groups is 2. The standard InChI is InChI=1S/C17H17FN2O6/c1-24-10-7-14(17(22)23)20(8-10)16(21)13-6-11(26-19-13)9-25-15-5-3-2-4-12(15)18/h2-6,10,14H,7-9H2,1H3,(H,22,23). The van der Waals surface area contributed by atoms with Crippen LogP contribution in [0.25, 0.3) is 0 Å². The summed E-state index contributed by atoms with van der Waals surface area (Å²) in [5, 5.41) is 13.0. The van der Waals surface area contributed by atoms with Gasteiger partial charge in [-0.3, -0.25) is 4.79 Å². The normalized spacial score (nSPS) is 19.5. The second-order valence-electron chi connectivity index (χ2n) is 5.80. The highest BCUT2D eigenvalue weighted by Gasteiger charge is 2.41. The number of carboxylic acid groups (broad SMARTS) is 1. The molecule has 9 heteroatoms. The molecule has 2 atom stereocenters. The van der Waals surface area contributed by atoms with Crippen LogP contribution < -0.4 is 4.74 Å². The predicted molar refractivity (Wildman–Crippen MR) is 85.1 cm³/mol. The minimum atomic E-state index is -1.11. The number of nitrogens with zero attached hydrogens (tertiary/aromatic N) is 2. The highest BCUT2D eigenvalue weighted by molar-refractivity contribution is 5.95. The van der Waals surface area contributed by atoms with Crippen LogP contribution in [0.5, 0.6) is 5.75 Å². The van der Waals surface area contributed by atoms with E-state index in [-0.39, 0.29) is 42.9 Å². The molecule has 1 fully saturated rings. The monoisotopic (exact) mass is 364 g/mol. The maximum Gasteiger partial charge on any atom is 0.326 e. The Kier molecular flexibility index (Phi) is 5.17. The van der Waals surface area contributed by atoms with Crippen LogP contribution in [0.15, 0.2) is 34.9 Å². The van der Waals surface area contributed by atoms with Crippen molar-refractivity contribution in [2.24, 2.45) is 0 Å². The molecule has 0 spiro atoms. The number of amides is 1. The summed E-state index contributed by atoms with van der Waals surface area (Å²) in [7, 11) is 1.46. The van der Waals surface area contributed by atoms with Crippen LogP contribution >= 0.6 is 0 Å². The van der Waals surface area contributed by atoms with Crippen molar-refractivity contribution < 1.29 is 33.1 Å². The summed E-state index contributed by atoms with van der Waals surface area (Å²) in [4.78, 5) is 25.1. The number of carboxylic acids is 1. The van der Waals surface area contributed by atoms with Crippen molar-refractivity contribution in [2.75, 3.05) is 13.7 Å². The summed E-state index contributed by atoms with van der Waals surface area (Å²) in [5.74, 6) is -1.94. The Morgan fingerprint density at radius 2 is 2.19 bits per heavy atom. The first kappa shape index (κ1) is 17.9. The zero-order valence-corrected chi connectivity index (χ0v) is 13.9. The molecule has 1 aromatic carbocycles. The van der Waals surface area contributed by atoms with Gasteiger partial charge in [0.1, 0.15) is 12.6 Å². The number of rotatable bonds is 6. The molecule has 3 rings (SSSR count). The highest BCUT2D eigenvalue weighted by atomic mass is 19.1. The van der Waals surface area contributed by atoms with Crippen LogP contribution in [0.3, 0.4) is 0 Å². The number of benzene rings is 1. The lowest BCUT2D eigenvalue weighted by atomic mass is 10.2. The highest BCUT2D eigenvalue weighted by Crippen LogP contribution is 2.23. The van der Waals surface area contributed by atoms with E-state index in [4.69, 9.17) is 14.0 Å². The van der Waals surface area contributed by atoms with E-state index < -0.39 is 23.7 Å². The van der Waals surface area contributed by atoms with Crippen molar-refractivity contribution >= 4 is 11.9 Å². The zero-order chi connectivity index (χ0) is 18.7. The van der Waals surface area contributed by atoms with Gasteiger partial charge in [-0.15, -0.1) is 0 Å². The second-order valence-corrected chi connectivity index (χ2v) is 5.80. The quantitative estimate of drug-likeness (QED) is 0.832. The molecule has 0 saturated carbocycles. The fourth-order valence-electron chi connectivity index (χ4n) is 2.77. The molecule has 2 unspecified atom stereocenters. The average Bonchev–Trinajstić information content (AvgIpc) is 3.27. The maximum atomic E-state index is 13.5. The molecule has 0 aliphatic carbocycles. The molecule has 1 amide bonds. The summed E-state index contributed by atoms with van der Waals surface area (Å²) in [5.41, 5.74) is -0.0415. The minimum Gasteiger partial charge on any atom is -0.482 e. The van der Waals surface area contributed by atoms with E-state index in [2.05, 4.69) is 5.16 Å². The summed E-state index contributed by atoms with van der Waals surface area (Å²) in [6.07, 6.45) is -0.144. The fourth-order valence-corrected chi connectivity index (χ4v) is 2.77. The first-order valence-corrected chi connectivity index (χ1v) is 7.89. The molecule has 1 aliphatic rings. The van der Waals surface area contributed by atoms with E-state index in [9.17, 15) is 19.1 Å². The van der Waals surface area contributed by atoms with Gasteiger partial charge in [0.15, 0.2) is 23.0 Å². The number of para-hydroxylation sites is 1. The molecule has 1 aliphatic heterocycles. The Morgan fingerprint density at radius 1 is 1.42 bits per heavy atom. The summed E-state index contributed by atoms with van der Waals surface area (Å²) in [6.45, 7) is 0.0322. The Morgan fingerprint density at radius 3 is 2.88 bits per heavy atom. The molecule has 138 valence electrons. The molecular weight excluding hydrogens is 347 g/mol. The Hall–Kier alpha value is -2.94. The number of halogens is 1. The number of likely N-dealkylation sites (tertiary alicyclic amines) is 1. The van der Waals surface area contributed by atoms with Gasteiger partial charge in [0, 0.05) is 26.1 Å². The number of hydrogen-bond acceptors (Lipinski definition) is 6. The van der Waals surface area contributed by atoms with E-state index in [0.29, 0.717) is 0 Å². The number of aromatic nitrogens is 1. The van der Waals surface area contributed by atoms with Crippen molar-refractivity contribution in [3.8, 4) is 5.75 Å². The lowest BCUT2D eigenvalue weighted by Gasteiger charge is -2.19. The van der Waals surface area contributed by atoms with Gasteiger partial charge in [-0.05, 0) is 12.1 Å². The van der Waals surface area contributed by atoms with Crippen molar-refractivity contribution in [1.29, 1.82) is 0 Å². The van der Waals surface area contributed by atoms with E-state index in [1.54, 1.807) is 6.07 Å². The number of ether oxygens (including phenoxy) is 2. The average molecular weight is 364 g/mol. The topological polar surface area (TPSA) is 102 Å².